The Morgan fingerprint density at radius 1 is 1.39 bits per heavy atom. The highest BCUT2D eigenvalue weighted by molar-refractivity contribution is 7.85. The third-order valence-electron chi connectivity index (χ3n) is 3.47. The minimum Gasteiger partial charge on any atom is -0.497 e. The van der Waals surface area contributed by atoms with E-state index in [0.717, 1.165) is 30.1 Å². The second-order valence-electron chi connectivity index (χ2n) is 4.79. The molecule has 3 nitrogen and oxygen atoms in total. The van der Waals surface area contributed by atoms with Crippen molar-refractivity contribution in [3.05, 3.63) is 29.8 Å². The van der Waals surface area contributed by atoms with Crippen LogP contribution in [0.25, 0.3) is 0 Å². The molecule has 1 atom stereocenters. The van der Waals surface area contributed by atoms with Gasteiger partial charge >= 0.3 is 0 Å². The highest BCUT2D eigenvalue weighted by Gasteiger charge is 2.19. The van der Waals surface area contributed by atoms with Gasteiger partial charge in [0.15, 0.2) is 0 Å². The minimum absolute atomic E-state index is 0.302. The summed E-state index contributed by atoms with van der Waals surface area (Å²) in [5.74, 6) is 2.57. The molecule has 18 heavy (non-hydrogen) atoms. The van der Waals surface area contributed by atoms with E-state index in [4.69, 9.17) is 4.74 Å². The molecule has 1 aromatic rings. The molecule has 0 saturated carbocycles. The molecule has 0 spiro atoms. The maximum Gasteiger partial charge on any atom is 0.119 e. The van der Waals surface area contributed by atoms with Crippen molar-refractivity contribution in [2.24, 2.45) is 0 Å². The van der Waals surface area contributed by atoms with Crippen molar-refractivity contribution in [2.45, 2.75) is 31.8 Å². The third-order valence-corrected chi connectivity index (χ3v) is 4.85. The molecule has 100 valence electrons. The van der Waals surface area contributed by atoms with Crippen LogP contribution >= 0.6 is 0 Å². The summed E-state index contributed by atoms with van der Waals surface area (Å²) in [6, 6.07) is 8.95. The average molecular weight is 267 g/mol. The van der Waals surface area contributed by atoms with Crippen LogP contribution in [0.15, 0.2) is 24.3 Å². The summed E-state index contributed by atoms with van der Waals surface area (Å²) in [4.78, 5) is 0. The highest BCUT2D eigenvalue weighted by Crippen LogP contribution is 2.21. The SMILES string of the molecule is COc1cccc([C@H](C)NC2CCS(=O)CC2)c1. The predicted octanol–water partition coefficient (Wildman–Crippen LogP) is 2.26. The molecule has 1 saturated heterocycles. The van der Waals surface area contributed by atoms with E-state index in [9.17, 15) is 4.21 Å². The van der Waals surface area contributed by atoms with Crippen molar-refractivity contribution in [1.82, 2.24) is 5.32 Å². The Morgan fingerprint density at radius 3 is 2.78 bits per heavy atom. The van der Waals surface area contributed by atoms with E-state index in [1.54, 1.807) is 7.11 Å². The molecule has 0 radical (unpaired) electrons. The monoisotopic (exact) mass is 267 g/mol. The van der Waals surface area contributed by atoms with Crippen molar-refractivity contribution < 1.29 is 8.95 Å². The predicted molar refractivity (Wildman–Crippen MR) is 75.4 cm³/mol. The number of ether oxygens (including phenoxy) is 1. The fourth-order valence-electron chi connectivity index (χ4n) is 2.32. The maximum absolute atomic E-state index is 11.3. The summed E-state index contributed by atoms with van der Waals surface area (Å²) >= 11 is 0. The van der Waals surface area contributed by atoms with Crippen LogP contribution < -0.4 is 10.1 Å². The lowest BCUT2D eigenvalue weighted by molar-refractivity contribution is 0.408. The highest BCUT2D eigenvalue weighted by atomic mass is 32.2. The van der Waals surface area contributed by atoms with E-state index in [1.807, 2.05) is 12.1 Å². The van der Waals surface area contributed by atoms with E-state index in [0.29, 0.717) is 12.1 Å². The van der Waals surface area contributed by atoms with Crippen LogP contribution in [0.5, 0.6) is 5.75 Å². The topological polar surface area (TPSA) is 38.3 Å². The van der Waals surface area contributed by atoms with Crippen molar-refractivity contribution in [2.75, 3.05) is 18.6 Å². The number of hydrogen-bond donors (Lipinski definition) is 1. The van der Waals surface area contributed by atoms with Gasteiger partial charge in [-0.05, 0) is 37.5 Å². The molecular weight excluding hydrogens is 246 g/mol. The first-order valence-corrected chi connectivity index (χ1v) is 7.93. The lowest BCUT2D eigenvalue weighted by atomic mass is 10.1. The van der Waals surface area contributed by atoms with Crippen LogP contribution in [-0.2, 0) is 10.8 Å². The molecule has 1 aliphatic heterocycles. The molecule has 4 heteroatoms. The van der Waals surface area contributed by atoms with Gasteiger partial charge in [0.1, 0.15) is 5.75 Å². The van der Waals surface area contributed by atoms with Crippen molar-refractivity contribution >= 4 is 10.8 Å². The first-order valence-electron chi connectivity index (χ1n) is 6.44. The Hall–Kier alpha value is -0.870. The molecule has 1 fully saturated rings. The fraction of sp³-hybridized carbons (Fsp3) is 0.571. The van der Waals surface area contributed by atoms with Crippen LogP contribution in [0.1, 0.15) is 31.4 Å². The molecular formula is C14H21NO2S. The van der Waals surface area contributed by atoms with E-state index in [1.165, 1.54) is 5.56 Å². The summed E-state index contributed by atoms with van der Waals surface area (Å²) in [7, 11) is 1.10. The smallest absolute Gasteiger partial charge is 0.119 e. The molecule has 1 heterocycles. The number of nitrogens with one attached hydrogen (secondary N) is 1. The lowest BCUT2D eigenvalue weighted by Crippen LogP contribution is -2.37. The van der Waals surface area contributed by atoms with Crippen molar-refractivity contribution in [3.8, 4) is 5.75 Å². The molecule has 0 amide bonds. The number of methoxy groups -OCH3 is 1. The van der Waals surface area contributed by atoms with Crippen LogP contribution in [0, 0.1) is 0 Å². The van der Waals surface area contributed by atoms with Gasteiger partial charge in [0.05, 0.1) is 7.11 Å². The summed E-state index contributed by atoms with van der Waals surface area (Å²) in [6.45, 7) is 2.17. The van der Waals surface area contributed by atoms with Crippen LogP contribution in [0.3, 0.4) is 0 Å². The molecule has 0 bridgehead atoms. The normalized spacial score (nSPS) is 25.7. The summed E-state index contributed by atoms with van der Waals surface area (Å²) in [5.41, 5.74) is 1.24. The van der Waals surface area contributed by atoms with Gasteiger partial charge in [0, 0.05) is 34.4 Å². The Morgan fingerprint density at radius 2 is 2.11 bits per heavy atom. The van der Waals surface area contributed by atoms with E-state index < -0.39 is 10.8 Å². The van der Waals surface area contributed by atoms with Gasteiger partial charge in [-0.3, -0.25) is 4.21 Å². The quantitative estimate of drug-likeness (QED) is 0.909. The van der Waals surface area contributed by atoms with Crippen LogP contribution in [-0.4, -0.2) is 28.9 Å². The maximum atomic E-state index is 11.3. The molecule has 0 unspecified atom stereocenters. The summed E-state index contributed by atoms with van der Waals surface area (Å²) in [5, 5.41) is 3.62. The minimum atomic E-state index is -0.585. The number of hydrogen-bond acceptors (Lipinski definition) is 3. The van der Waals surface area contributed by atoms with E-state index >= 15 is 0 Å². The largest absolute Gasteiger partial charge is 0.497 e. The van der Waals surface area contributed by atoms with Gasteiger partial charge in [-0.1, -0.05) is 12.1 Å². The molecule has 2 rings (SSSR count). The van der Waals surface area contributed by atoms with E-state index in [-0.39, 0.29) is 0 Å². The van der Waals surface area contributed by atoms with Crippen molar-refractivity contribution in [1.29, 1.82) is 0 Å². The van der Waals surface area contributed by atoms with Gasteiger partial charge < -0.3 is 10.1 Å². The van der Waals surface area contributed by atoms with Crippen LogP contribution in [0.2, 0.25) is 0 Å². The second-order valence-corrected chi connectivity index (χ2v) is 6.48. The Kier molecular flexibility index (Phi) is 4.78. The molecule has 0 aliphatic carbocycles. The van der Waals surface area contributed by atoms with Gasteiger partial charge in [-0.2, -0.15) is 0 Å². The van der Waals surface area contributed by atoms with Gasteiger partial charge in [0.25, 0.3) is 0 Å². The van der Waals surface area contributed by atoms with Gasteiger partial charge in [-0.15, -0.1) is 0 Å². The first-order chi connectivity index (χ1) is 8.69. The molecule has 1 N–H and O–H groups in total. The Balaban J connectivity index is 1.94. The Labute approximate surface area is 111 Å². The third kappa shape index (κ3) is 3.56. The number of benzene rings is 1. The lowest BCUT2D eigenvalue weighted by Gasteiger charge is -2.26. The molecule has 1 aromatic carbocycles. The van der Waals surface area contributed by atoms with Crippen molar-refractivity contribution in [3.63, 3.8) is 0 Å². The Bertz CT molecular complexity index is 412. The van der Waals surface area contributed by atoms with Gasteiger partial charge in [-0.25, -0.2) is 0 Å². The zero-order chi connectivity index (χ0) is 13.0. The molecule has 1 aliphatic rings. The zero-order valence-corrected chi connectivity index (χ0v) is 11.8. The zero-order valence-electron chi connectivity index (χ0n) is 11.0. The standard InChI is InChI=1S/C14H21NO2S/c1-11(12-4-3-5-14(10-12)17-2)15-13-6-8-18(16)9-7-13/h3-5,10-11,13,15H,6-9H2,1-2H3/t11-,13?,18?/m0/s1. The molecule has 0 aromatic heterocycles. The number of rotatable bonds is 4. The van der Waals surface area contributed by atoms with E-state index in [2.05, 4.69) is 24.4 Å². The summed E-state index contributed by atoms with van der Waals surface area (Å²) in [6.07, 6.45) is 2.03. The summed E-state index contributed by atoms with van der Waals surface area (Å²) < 4.78 is 16.6. The van der Waals surface area contributed by atoms with Gasteiger partial charge in [0.2, 0.25) is 0 Å². The second kappa shape index (κ2) is 6.34. The first kappa shape index (κ1) is 13.6. The average Bonchev–Trinajstić information content (AvgIpc) is 2.41. The van der Waals surface area contributed by atoms with Crippen LogP contribution in [0.4, 0.5) is 0 Å². The fourth-order valence-corrected chi connectivity index (χ4v) is 3.62.